The highest BCUT2D eigenvalue weighted by molar-refractivity contribution is 5.96. The predicted molar refractivity (Wildman–Crippen MR) is 98.2 cm³/mol. The Morgan fingerprint density at radius 2 is 1.89 bits per heavy atom. The number of esters is 1. The summed E-state index contributed by atoms with van der Waals surface area (Å²) in [6, 6.07) is 8.70. The standard InChI is InChI=1S/C19H23N3O6/c1-12-9-15(22-28-12)18(24)20-13(2)17(23)21-16(11-26-3)19(25)27-10-14-7-5-4-6-8-14/h4-9,13,16H,10-11H2,1-3H3,(H,20,24)(H,21,23). The molecule has 0 fully saturated rings. The van der Waals surface area contributed by atoms with Gasteiger partial charge in [-0.15, -0.1) is 0 Å². The van der Waals surface area contributed by atoms with Gasteiger partial charge in [-0.2, -0.15) is 0 Å². The summed E-state index contributed by atoms with van der Waals surface area (Å²) in [5.74, 6) is -1.28. The molecule has 2 aromatic rings. The van der Waals surface area contributed by atoms with E-state index in [1.165, 1.54) is 20.1 Å². The summed E-state index contributed by atoms with van der Waals surface area (Å²) < 4.78 is 15.0. The van der Waals surface area contributed by atoms with E-state index in [2.05, 4.69) is 15.8 Å². The Balaban J connectivity index is 1.89. The van der Waals surface area contributed by atoms with Crippen LogP contribution in [-0.4, -0.2) is 48.7 Å². The van der Waals surface area contributed by atoms with Crippen molar-refractivity contribution in [3.8, 4) is 0 Å². The molecule has 0 aliphatic rings. The van der Waals surface area contributed by atoms with E-state index < -0.39 is 29.9 Å². The molecular formula is C19H23N3O6. The second kappa shape index (κ2) is 10.2. The first-order valence-electron chi connectivity index (χ1n) is 8.64. The maximum Gasteiger partial charge on any atom is 0.331 e. The van der Waals surface area contributed by atoms with Gasteiger partial charge in [0.25, 0.3) is 5.91 Å². The quantitative estimate of drug-likeness (QED) is 0.613. The van der Waals surface area contributed by atoms with Crippen molar-refractivity contribution < 1.29 is 28.4 Å². The third-order valence-corrected chi connectivity index (χ3v) is 3.76. The van der Waals surface area contributed by atoms with Gasteiger partial charge in [-0.25, -0.2) is 4.79 Å². The molecule has 2 unspecified atom stereocenters. The molecule has 2 atom stereocenters. The Hall–Kier alpha value is -3.20. The fourth-order valence-electron chi connectivity index (χ4n) is 2.27. The van der Waals surface area contributed by atoms with Crippen LogP contribution in [-0.2, 0) is 25.7 Å². The molecule has 150 valence electrons. The highest BCUT2D eigenvalue weighted by atomic mass is 16.5. The lowest BCUT2D eigenvalue weighted by atomic mass is 10.2. The molecule has 1 aromatic heterocycles. The normalized spacial score (nSPS) is 12.7. The average molecular weight is 389 g/mol. The highest BCUT2D eigenvalue weighted by Crippen LogP contribution is 2.04. The summed E-state index contributed by atoms with van der Waals surface area (Å²) in [6.07, 6.45) is 0. The van der Waals surface area contributed by atoms with Gasteiger partial charge < -0.3 is 24.6 Å². The Labute approximate surface area is 162 Å². The summed E-state index contributed by atoms with van der Waals surface area (Å²) in [7, 11) is 1.40. The number of nitrogens with zero attached hydrogens (tertiary/aromatic N) is 1. The Bertz CT molecular complexity index is 805. The zero-order valence-corrected chi connectivity index (χ0v) is 15.9. The molecule has 0 radical (unpaired) electrons. The van der Waals surface area contributed by atoms with Crippen molar-refractivity contribution >= 4 is 17.8 Å². The van der Waals surface area contributed by atoms with Crippen LogP contribution in [0.1, 0.15) is 28.7 Å². The van der Waals surface area contributed by atoms with E-state index in [4.69, 9.17) is 14.0 Å². The number of rotatable bonds is 9. The third kappa shape index (κ3) is 6.20. The lowest BCUT2D eigenvalue weighted by Crippen LogP contribution is -2.52. The van der Waals surface area contributed by atoms with E-state index in [9.17, 15) is 14.4 Å². The Morgan fingerprint density at radius 1 is 1.18 bits per heavy atom. The number of aryl methyl sites for hydroxylation is 1. The second-order valence-corrected chi connectivity index (χ2v) is 6.13. The number of carbonyl (C=O) groups is 3. The zero-order valence-electron chi connectivity index (χ0n) is 15.9. The minimum absolute atomic E-state index is 0.0628. The van der Waals surface area contributed by atoms with Gasteiger partial charge in [0.05, 0.1) is 6.61 Å². The van der Waals surface area contributed by atoms with E-state index in [1.54, 1.807) is 6.92 Å². The van der Waals surface area contributed by atoms with E-state index in [0.717, 1.165) is 5.56 Å². The van der Waals surface area contributed by atoms with Crippen molar-refractivity contribution in [3.63, 3.8) is 0 Å². The number of carbonyl (C=O) groups excluding carboxylic acids is 3. The molecule has 2 amide bonds. The summed E-state index contributed by atoms with van der Waals surface area (Å²) in [4.78, 5) is 36.7. The van der Waals surface area contributed by atoms with E-state index in [-0.39, 0.29) is 18.9 Å². The predicted octanol–water partition coefficient (Wildman–Crippen LogP) is 0.976. The van der Waals surface area contributed by atoms with Crippen molar-refractivity contribution in [2.24, 2.45) is 0 Å². The van der Waals surface area contributed by atoms with Crippen molar-refractivity contribution in [1.82, 2.24) is 15.8 Å². The molecule has 9 heteroatoms. The minimum atomic E-state index is -1.00. The summed E-state index contributed by atoms with van der Waals surface area (Å²) in [5.41, 5.74) is 0.884. The van der Waals surface area contributed by atoms with E-state index >= 15 is 0 Å². The van der Waals surface area contributed by atoms with Crippen LogP contribution in [0.15, 0.2) is 40.9 Å². The molecular weight excluding hydrogens is 366 g/mol. The van der Waals surface area contributed by atoms with Gasteiger partial charge in [-0.1, -0.05) is 35.5 Å². The SMILES string of the molecule is COCC(NC(=O)C(C)NC(=O)c1cc(C)on1)C(=O)OCc1ccccc1. The number of hydrogen-bond donors (Lipinski definition) is 2. The monoisotopic (exact) mass is 389 g/mol. The number of benzene rings is 1. The second-order valence-electron chi connectivity index (χ2n) is 6.13. The lowest BCUT2D eigenvalue weighted by Gasteiger charge is -2.20. The maximum absolute atomic E-state index is 12.3. The van der Waals surface area contributed by atoms with Crippen LogP contribution < -0.4 is 10.6 Å². The van der Waals surface area contributed by atoms with E-state index in [1.807, 2.05) is 30.3 Å². The number of amides is 2. The third-order valence-electron chi connectivity index (χ3n) is 3.76. The van der Waals surface area contributed by atoms with Crippen LogP contribution in [0.25, 0.3) is 0 Å². The molecule has 1 heterocycles. The van der Waals surface area contributed by atoms with Gasteiger partial charge in [-0.05, 0) is 19.4 Å². The first-order chi connectivity index (χ1) is 13.4. The summed E-state index contributed by atoms with van der Waals surface area (Å²) in [5, 5.41) is 8.59. The van der Waals surface area contributed by atoms with Gasteiger partial charge in [0.2, 0.25) is 5.91 Å². The molecule has 1 aromatic carbocycles. The number of ether oxygens (including phenoxy) is 2. The minimum Gasteiger partial charge on any atom is -0.459 e. The van der Waals surface area contributed by atoms with Gasteiger partial charge in [0.15, 0.2) is 11.7 Å². The average Bonchev–Trinajstić information content (AvgIpc) is 3.13. The Morgan fingerprint density at radius 3 is 2.50 bits per heavy atom. The first-order valence-corrected chi connectivity index (χ1v) is 8.64. The first kappa shape index (κ1) is 21.1. The topological polar surface area (TPSA) is 120 Å². The van der Waals surface area contributed by atoms with Crippen molar-refractivity contribution in [2.75, 3.05) is 13.7 Å². The molecule has 0 saturated carbocycles. The molecule has 2 N–H and O–H groups in total. The number of nitrogens with one attached hydrogen (secondary N) is 2. The smallest absolute Gasteiger partial charge is 0.331 e. The van der Waals surface area contributed by atoms with Crippen LogP contribution in [0.3, 0.4) is 0 Å². The van der Waals surface area contributed by atoms with Gasteiger partial charge >= 0.3 is 5.97 Å². The van der Waals surface area contributed by atoms with Crippen LogP contribution in [0.2, 0.25) is 0 Å². The maximum atomic E-state index is 12.3. The summed E-state index contributed by atoms with van der Waals surface area (Å²) in [6.45, 7) is 3.14. The molecule has 0 spiro atoms. The van der Waals surface area contributed by atoms with Gasteiger partial charge in [0.1, 0.15) is 18.4 Å². The summed E-state index contributed by atoms with van der Waals surface area (Å²) >= 11 is 0. The molecule has 0 aliphatic carbocycles. The van der Waals surface area contributed by atoms with E-state index in [0.29, 0.717) is 5.76 Å². The number of methoxy groups -OCH3 is 1. The van der Waals surface area contributed by atoms with Crippen LogP contribution in [0.4, 0.5) is 0 Å². The lowest BCUT2D eigenvalue weighted by molar-refractivity contribution is -0.150. The fourth-order valence-corrected chi connectivity index (χ4v) is 2.27. The zero-order chi connectivity index (χ0) is 20.5. The van der Waals surface area contributed by atoms with Crippen molar-refractivity contribution in [1.29, 1.82) is 0 Å². The molecule has 9 nitrogen and oxygen atoms in total. The van der Waals surface area contributed by atoms with Crippen LogP contribution >= 0.6 is 0 Å². The molecule has 0 aliphatic heterocycles. The molecule has 2 rings (SSSR count). The largest absolute Gasteiger partial charge is 0.459 e. The fraction of sp³-hybridized carbons (Fsp3) is 0.368. The van der Waals surface area contributed by atoms with Crippen LogP contribution in [0.5, 0.6) is 0 Å². The molecule has 0 bridgehead atoms. The van der Waals surface area contributed by atoms with Gasteiger partial charge in [-0.3, -0.25) is 9.59 Å². The Kier molecular flexibility index (Phi) is 7.70. The highest BCUT2D eigenvalue weighted by Gasteiger charge is 2.26. The van der Waals surface area contributed by atoms with Crippen LogP contribution in [0, 0.1) is 6.92 Å². The number of hydrogen-bond acceptors (Lipinski definition) is 7. The molecule has 0 saturated heterocycles. The van der Waals surface area contributed by atoms with Gasteiger partial charge in [0, 0.05) is 13.2 Å². The number of aromatic nitrogens is 1. The van der Waals surface area contributed by atoms with Crippen molar-refractivity contribution in [2.45, 2.75) is 32.5 Å². The van der Waals surface area contributed by atoms with Crippen molar-refractivity contribution in [3.05, 3.63) is 53.4 Å². The molecule has 28 heavy (non-hydrogen) atoms.